The highest BCUT2D eigenvalue weighted by Crippen LogP contribution is 2.34. The van der Waals surface area contributed by atoms with E-state index in [2.05, 4.69) is 0 Å². The van der Waals surface area contributed by atoms with Crippen LogP contribution in [-0.4, -0.2) is 5.78 Å². The molecule has 5 aromatic carbocycles. The predicted octanol–water partition coefficient (Wildman–Crippen LogP) is 9.17. The molecule has 0 aliphatic heterocycles. The Morgan fingerprint density at radius 2 is 1.03 bits per heavy atom. The molecular weight excluding hydrogens is 490 g/mol. The SMILES string of the molecule is O=C(c1ccccc1)c1ccc(Sc2ccc(-c3cc(Sc4ccc(F)cc4)ccc3F)cc2)cc1. The van der Waals surface area contributed by atoms with Crippen molar-refractivity contribution in [2.45, 2.75) is 19.6 Å². The summed E-state index contributed by atoms with van der Waals surface area (Å²) in [7, 11) is 0. The summed E-state index contributed by atoms with van der Waals surface area (Å²) in [5.41, 5.74) is 2.61. The van der Waals surface area contributed by atoms with Crippen LogP contribution in [0.15, 0.2) is 141 Å². The maximum atomic E-state index is 14.6. The van der Waals surface area contributed by atoms with Crippen molar-refractivity contribution < 1.29 is 13.6 Å². The molecule has 0 radical (unpaired) electrons. The van der Waals surface area contributed by atoms with E-state index in [1.54, 1.807) is 30.0 Å². The molecule has 0 heterocycles. The average molecular weight is 511 g/mol. The first-order valence-corrected chi connectivity index (χ1v) is 12.9. The van der Waals surface area contributed by atoms with Crippen LogP contribution in [0.2, 0.25) is 0 Å². The molecule has 5 heteroatoms. The van der Waals surface area contributed by atoms with E-state index in [1.165, 1.54) is 30.0 Å². The summed E-state index contributed by atoms with van der Waals surface area (Å²) in [4.78, 5) is 16.4. The number of carbonyl (C=O) groups is 1. The molecule has 0 bridgehead atoms. The monoisotopic (exact) mass is 510 g/mol. The summed E-state index contributed by atoms with van der Waals surface area (Å²) in [6, 6.07) is 35.7. The Morgan fingerprint density at radius 1 is 0.528 bits per heavy atom. The van der Waals surface area contributed by atoms with Crippen molar-refractivity contribution in [1.29, 1.82) is 0 Å². The molecule has 0 unspecified atom stereocenters. The topological polar surface area (TPSA) is 17.1 Å². The van der Waals surface area contributed by atoms with Crippen LogP contribution >= 0.6 is 23.5 Å². The summed E-state index contributed by atoms with van der Waals surface area (Å²) in [5.74, 6) is -0.579. The Morgan fingerprint density at radius 3 is 1.67 bits per heavy atom. The molecule has 0 aromatic heterocycles. The third-order valence-corrected chi connectivity index (χ3v) is 7.55. The van der Waals surface area contributed by atoms with Crippen LogP contribution in [0.4, 0.5) is 8.78 Å². The van der Waals surface area contributed by atoms with Crippen molar-refractivity contribution in [3.63, 3.8) is 0 Å². The van der Waals surface area contributed by atoms with Crippen LogP contribution in [0.25, 0.3) is 11.1 Å². The van der Waals surface area contributed by atoms with E-state index in [0.717, 1.165) is 25.1 Å². The molecule has 0 amide bonds. The standard InChI is InChI=1S/C31H20F2OS2/c32-24-10-16-27(17-11-24)36-28-18-19-30(33)29(20-28)21-6-12-25(13-7-21)35-26-14-8-23(9-15-26)31(34)22-4-2-1-3-5-22/h1-20H. The number of hydrogen-bond acceptors (Lipinski definition) is 3. The highest BCUT2D eigenvalue weighted by atomic mass is 32.2. The first-order chi connectivity index (χ1) is 17.5. The van der Waals surface area contributed by atoms with Crippen molar-refractivity contribution in [2.75, 3.05) is 0 Å². The lowest BCUT2D eigenvalue weighted by atomic mass is 10.0. The number of hydrogen-bond donors (Lipinski definition) is 0. The second-order valence-corrected chi connectivity index (χ2v) is 10.3. The van der Waals surface area contributed by atoms with Gasteiger partial charge in [0, 0.05) is 36.3 Å². The number of halogens is 2. The van der Waals surface area contributed by atoms with Gasteiger partial charge in [-0.05, 0) is 84.4 Å². The molecule has 176 valence electrons. The van der Waals surface area contributed by atoms with Gasteiger partial charge in [0.1, 0.15) is 11.6 Å². The maximum absolute atomic E-state index is 14.6. The summed E-state index contributed by atoms with van der Waals surface area (Å²) >= 11 is 3.04. The van der Waals surface area contributed by atoms with Gasteiger partial charge in [-0.15, -0.1) is 0 Å². The molecule has 0 saturated carbocycles. The zero-order valence-electron chi connectivity index (χ0n) is 19.0. The minimum atomic E-state index is -0.294. The van der Waals surface area contributed by atoms with E-state index in [0.29, 0.717) is 16.7 Å². The minimum absolute atomic E-state index is 0.00153. The van der Waals surface area contributed by atoms with Crippen LogP contribution in [-0.2, 0) is 0 Å². The molecule has 0 fully saturated rings. The number of rotatable bonds is 7. The number of benzene rings is 5. The smallest absolute Gasteiger partial charge is 0.193 e. The first kappa shape index (κ1) is 24.0. The molecule has 36 heavy (non-hydrogen) atoms. The fraction of sp³-hybridized carbons (Fsp3) is 0. The van der Waals surface area contributed by atoms with Gasteiger partial charge >= 0.3 is 0 Å². The molecule has 0 aliphatic rings. The number of carbonyl (C=O) groups excluding carboxylic acids is 1. The van der Waals surface area contributed by atoms with Crippen LogP contribution in [0.5, 0.6) is 0 Å². The Balaban J connectivity index is 1.28. The zero-order valence-corrected chi connectivity index (χ0v) is 20.7. The fourth-order valence-electron chi connectivity index (χ4n) is 3.70. The van der Waals surface area contributed by atoms with Crippen molar-refractivity contribution in [1.82, 2.24) is 0 Å². The molecule has 0 saturated heterocycles. The first-order valence-electron chi connectivity index (χ1n) is 11.3. The van der Waals surface area contributed by atoms with E-state index in [4.69, 9.17) is 0 Å². The van der Waals surface area contributed by atoms with Crippen molar-refractivity contribution >= 4 is 29.3 Å². The highest BCUT2D eigenvalue weighted by molar-refractivity contribution is 7.99. The van der Waals surface area contributed by atoms with Gasteiger partial charge in [0.05, 0.1) is 0 Å². The van der Waals surface area contributed by atoms with Crippen LogP contribution in [0, 0.1) is 11.6 Å². The van der Waals surface area contributed by atoms with Gasteiger partial charge in [-0.3, -0.25) is 4.79 Å². The van der Waals surface area contributed by atoms with E-state index in [1.807, 2.05) is 84.9 Å². The predicted molar refractivity (Wildman–Crippen MR) is 143 cm³/mol. The van der Waals surface area contributed by atoms with E-state index in [9.17, 15) is 13.6 Å². The van der Waals surface area contributed by atoms with Gasteiger partial charge in [0.25, 0.3) is 0 Å². The van der Waals surface area contributed by atoms with Crippen LogP contribution in [0.1, 0.15) is 15.9 Å². The van der Waals surface area contributed by atoms with E-state index in [-0.39, 0.29) is 17.4 Å². The quantitative estimate of drug-likeness (QED) is 0.203. The summed E-state index contributed by atoms with van der Waals surface area (Å²) in [6.45, 7) is 0. The Hall–Kier alpha value is -3.67. The van der Waals surface area contributed by atoms with Gasteiger partial charge in [0.15, 0.2) is 5.78 Å². The van der Waals surface area contributed by atoms with Gasteiger partial charge in [-0.1, -0.05) is 66.0 Å². The number of ketones is 1. The molecule has 0 N–H and O–H groups in total. The normalized spacial score (nSPS) is 10.8. The molecule has 5 rings (SSSR count). The zero-order chi connectivity index (χ0) is 24.9. The van der Waals surface area contributed by atoms with Crippen molar-refractivity contribution in [3.05, 3.63) is 144 Å². The van der Waals surface area contributed by atoms with Crippen LogP contribution < -0.4 is 0 Å². The third-order valence-electron chi connectivity index (χ3n) is 5.54. The highest BCUT2D eigenvalue weighted by Gasteiger charge is 2.10. The van der Waals surface area contributed by atoms with Gasteiger partial charge in [0.2, 0.25) is 0 Å². The lowest BCUT2D eigenvalue weighted by Gasteiger charge is -2.09. The lowest BCUT2D eigenvalue weighted by molar-refractivity contribution is 0.103. The Labute approximate surface area is 217 Å². The molecule has 1 nitrogen and oxygen atoms in total. The summed E-state index contributed by atoms with van der Waals surface area (Å²) < 4.78 is 27.8. The third kappa shape index (κ3) is 5.76. The summed E-state index contributed by atoms with van der Waals surface area (Å²) in [6.07, 6.45) is 0. The van der Waals surface area contributed by atoms with Crippen LogP contribution in [0.3, 0.4) is 0 Å². The van der Waals surface area contributed by atoms with E-state index >= 15 is 0 Å². The second-order valence-electron chi connectivity index (χ2n) is 8.04. The second kappa shape index (κ2) is 10.9. The minimum Gasteiger partial charge on any atom is -0.289 e. The molecule has 0 atom stereocenters. The van der Waals surface area contributed by atoms with E-state index < -0.39 is 0 Å². The van der Waals surface area contributed by atoms with Crippen molar-refractivity contribution in [3.8, 4) is 11.1 Å². The maximum Gasteiger partial charge on any atom is 0.193 e. The summed E-state index contributed by atoms with van der Waals surface area (Å²) in [5, 5.41) is 0. The lowest BCUT2D eigenvalue weighted by Crippen LogP contribution is -2.00. The van der Waals surface area contributed by atoms with Gasteiger partial charge in [-0.25, -0.2) is 8.78 Å². The molecule has 0 spiro atoms. The largest absolute Gasteiger partial charge is 0.289 e. The van der Waals surface area contributed by atoms with Crippen molar-refractivity contribution in [2.24, 2.45) is 0 Å². The fourth-order valence-corrected chi connectivity index (χ4v) is 5.37. The van der Waals surface area contributed by atoms with Gasteiger partial charge < -0.3 is 0 Å². The molecule has 0 aliphatic carbocycles. The average Bonchev–Trinajstić information content (AvgIpc) is 2.92. The molecule has 5 aromatic rings. The Kier molecular flexibility index (Phi) is 7.31. The Bertz CT molecular complexity index is 1480. The molecular formula is C31H20F2OS2. The van der Waals surface area contributed by atoms with Gasteiger partial charge in [-0.2, -0.15) is 0 Å².